The number of nitrogens with zero attached hydrogens (tertiary/aromatic N) is 2. The van der Waals surface area contributed by atoms with Crippen LogP contribution in [0.15, 0.2) is 24.3 Å². The molecular formula is C18H21F3N5O2S-. The molecule has 0 radical (unpaired) electrons. The quantitative estimate of drug-likeness (QED) is 0.633. The summed E-state index contributed by atoms with van der Waals surface area (Å²) in [5.74, 6) is 1.12. The first kappa shape index (κ1) is 21.5. The van der Waals surface area contributed by atoms with Gasteiger partial charge in [0.2, 0.25) is 0 Å². The van der Waals surface area contributed by atoms with Gasteiger partial charge in [-0.3, -0.25) is 4.21 Å². The summed E-state index contributed by atoms with van der Waals surface area (Å²) in [6, 6.07) is 4.66. The maximum atomic E-state index is 13.0. The summed E-state index contributed by atoms with van der Waals surface area (Å²) in [5.41, 5.74) is 0.0495. The predicted molar refractivity (Wildman–Crippen MR) is 104 cm³/mol. The van der Waals surface area contributed by atoms with Crippen molar-refractivity contribution in [1.82, 2.24) is 15.5 Å². The molecule has 1 aromatic carbocycles. The van der Waals surface area contributed by atoms with Crippen LogP contribution < -0.4 is 15.4 Å². The van der Waals surface area contributed by atoms with E-state index < -0.39 is 23.0 Å². The van der Waals surface area contributed by atoms with E-state index in [1.165, 1.54) is 6.07 Å². The van der Waals surface area contributed by atoms with E-state index in [0.29, 0.717) is 11.7 Å². The second-order valence-electron chi connectivity index (χ2n) is 7.20. The van der Waals surface area contributed by atoms with E-state index in [-0.39, 0.29) is 23.0 Å². The third kappa shape index (κ3) is 5.43. The van der Waals surface area contributed by atoms with E-state index in [1.807, 2.05) is 11.6 Å². The highest BCUT2D eigenvalue weighted by Gasteiger charge is 2.31. The molecule has 7 nitrogen and oxygen atoms in total. The Hall–Kier alpha value is -2.24. The van der Waals surface area contributed by atoms with Crippen molar-refractivity contribution in [1.29, 1.82) is 0 Å². The number of aromatic nitrogens is 2. The molecule has 2 aromatic rings. The molecule has 0 saturated carbocycles. The smallest absolute Gasteiger partial charge is 0.416 e. The third-order valence-electron chi connectivity index (χ3n) is 4.71. The molecule has 0 aliphatic carbocycles. The van der Waals surface area contributed by atoms with Crippen molar-refractivity contribution in [3.05, 3.63) is 35.4 Å². The van der Waals surface area contributed by atoms with Gasteiger partial charge in [0.05, 0.1) is 16.9 Å². The van der Waals surface area contributed by atoms with E-state index in [1.54, 1.807) is 6.07 Å². The number of halogens is 3. The van der Waals surface area contributed by atoms with Crippen LogP contribution in [-0.2, 0) is 17.4 Å². The van der Waals surface area contributed by atoms with Crippen LogP contribution in [0.25, 0.3) is 11.3 Å². The van der Waals surface area contributed by atoms with E-state index in [2.05, 4.69) is 27.8 Å². The molecular weight excluding hydrogens is 407 g/mol. The van der Waals surface area contributed by atoms with Gasteiger partial charge < -0.3 is 19.9 Å². The fraction of sp³-hybridized carbons (Fsp3) is 0.444. The van der Waals surface area contributed by atoms with Crippen molar-refractivity contribution in [2.45, 2.75) is 32.5 Å². The first-order valence-electron chi connectivity index (χ1n) is 9.02. The zero-order chi connectivity index (χ0) is 21.2. The molecule has 0 amide bonds. The monoisotopic (exact) mass is 428 g/mol. The zero-order valence-electron chi connectivity index (χ0n) is 15.8. The first-order chi connectivity index (χ1) is 13.6. The summed E-state index contributed by atoms with van der Waals surface area (Å²) in [4.78, 5) is 0. The lowest BCUT2D eigenvalue weighted by molar-refractivity contribution is -0.137. The van der Waals surface area contributed by atoms with Gasteiger partial charge in [0.1, 0.15) is 0 Å². The van der Waals surface area contributed by atoms with Crippen molar-refractivity contribution in [2.75, 3.05) is 23.1 Å². The predicted octanol–water partition coefficient (Wildman–Crippen LogP) is 3.09. The van der Waals surface area contributed by atoms with Crippen molar-refractivity contribution in [2.24, 2.45) is 5.92 Å². The molecule has 1 fully saturated rings. The average molecular weight is 428 g/mol. The third-order valence-corrected chi connectivity index (χ3v) is 5.10. The van der Waals surface area contributed by atoms with Crippen LogP contribution in [0.2, 0.25) is 0 Å². The molecule has 1 aliphatic rings. The summed E-state index contributed by atoms with van der Waals surface area (Å²) < 4.78 is 63.0. The Bertz CT molecular complexity index is 910. The van der Waals surface area contributed by atoms with Gasteiger partial charge in [0.15, 0.2) is 5.82 Å². The minimum absolute atomic E-state index is 0.198. The molecule has 29 heavy (non-hydrogen) atoms. The Morgan fingerprint density at radius 2 is 2.00 bits per heavy atom. The second-order valence-corrected chi connectivity index (χ2v) is 7.87. The van der Waals surface area contributed by atoms with Gasteiger partial charge in [-0.2, -0.15) is 13.2 Å². The highest BCUT2D eigenvalue weighted by molar-refractivity contribution is 7.80. The SMILES string of the molecule is Cc1cc(-c2ccc(C(F)(F)F)cc2NS(=O)[O-])nnc1NC1CNCC(C)C1. The minimum atomic E-state index is -4.60. The second kappa shape index (κ2) is 8.64. The van der Waals surface area contributed by atoms with Crippen LogP contribution in [0.4, 0.5) is 24.7 Å². The van der Waals surface area contributed by atoms with Gasteiger partial charge in [-0.1, -0.05) is 13.0 Å². The number of alkyl halides is 3. The highest BCUT2D eigenvalue weighted by Crippen LogP contribution is 2.36. The van der Waals surface area contributed by atoms with Crippen molar-refractivity contribution >= 4 is 22.8 Å². The van der Waals surface area contributed by atoms with Crippen LogP contribution >= 0.6 is 0 Å². The number of piperidine rings is 1. The molecule has 0 bridgehead atoms. The lowest BCUT2D eigenvalue weighted by Gasteiger charge is -2.29. The molecule has 3 rings (SSSR count). The summed E-state index contributed by atoms with van der Waals surface area (Å²) in [6.07, 6.45) is -3.61. The van der Waals surface area contributed by atoms with Crippen LogP contribution in [-0.4, -0.2) is 38.1 Å². The molecule has 0 spiro atoms. The fourth-order valence-electron chi connectivity index (χ4n) is 3.34. The molecule has 1 aliphatic heterocycles. The molecule has 1 saturated heterocycles. The summed E-state index contributed by atoms with van der Waals surface area (Å²) >= 11 is -2.79. The number of rotatable bonds is 5. The summed E-state index contributed by atoms with van der Waals surface area (Å²) in [7, 11) is 0. The van der Waals surface area contributed by atoms with Crippen molar-refractivity contribution in [3.63, 3.8) is 0 Å². The molecule has 158 valence electrons. The van der Waals surface area contributed by atoms with Crippen LogP contribution in [0.5, 0.6) is 0 Å². The van der Waals surface area contributed by atoms with Gasteiger partial charge in [-0.25, -0.2) is 0 Å². The molecule has 3 N–H and O–H groups in total. The Labute approximate surface area is 168 Å². The topological polar surface area (TPSA) is 102 Å². The van der Waals surface area contributed by atoms with Gasteiger partial charge in [0, 0.05) is 29.4 Å². The van der Waals surface area contributed by atoms with E-state index >= 15 is 0 Å². The highest BCUT2D eigenvalue weighted by atomic mass is 32.2. The van der Waals surface area contributed by atoms with E-state index in [0.717, 1.165) is 37.2 Å². The number of anilines is 2. The maximum absolute atomic E-state index is 13.0. The molecule has 1 aromatic heterocycles. The molecule has 11 heteroatoms. The van der Waals surface area contributed by atoms with Gasteiger partial charge in [0.25, 0.3) is 0 Å². The Kier molecular flexibility index (Phi) is 6.39. The molecule has 2 heterocycles. The normalized spacial score (nSPS) is 20.9. The standard InChI is InChI=1S/C18H22F3N5O2S/c1-10-5-13(9-22-8-10)23-17-11(2)6-15(24-25-17)14-4-3-12(18(19,20)21)7-16(14)26-29(27)28/h3-4,6-7,10,13,22,26H,5,8-9H2,1-2H3,(H,23,25)(H,27,28)/p-1. The van der Waals surface area contributed by atoms with Gasteiger partial charge >= 0.3 is 6.18 Å². The van der Waals surface area contributed by atoms with Crippen LogP contribution in [0, 0.1) is 12.8 Å². The maximum Gasteiger partial charge on any atom is 0.416 e. The number of benzene rings is 1. The Morgan fingerprint density at radius 3 is 2.62 bits per heavy atom. The van der Waals surface area contributed by atoms with Crippen LogP contribution in [0.1, 0.15) is 24.5 Å². The summed E-state index contributed by atoms with van der Waals surface area (Å²) in [6.45, 7) is 5.73. The number of nitrogens with one attached hydrogen (secondary N) is 3. The van der Waals surface area contributed by atoms with Gasteiger partial charge in [-0.05, 0) is 49.6 Å². The average Bonchev–Trinajstić information content (AvgIpc) is 2.62. The van der Waals surface area contributed by atoms with Crippen molar-refractivity contribution < 1.29 is 21.9 Å². The number of aryl methyl sites for hydroxylation is 1. The number of hydrogen-bond donors (Lipinski definition) is 3. The first-order valence-corrected chi connectivity index (χ1v) is 10.1. The van der Waals surface area contributed by atoms with Gasteiger partial charge in [-0.15, -0.1) is 10.2 Å². The largest absolute Gasteiger partial charge is 0.755 e. The van der Waals surface area contributed by atoms with E-state index in [4.69, 9.17) is 0 Å². The Balaban J connectivity index is 1.90. The van der Waals surface area contributed by atoms with E-state index in [9.17, 15) is 21.9 Å². The minimum Gasteiger partial charge on any atom is -0.755 e. The number of hydrogen-bond acceptors (Lipinski definition) is 6. The molecule has 3 unspecified atom stereocenters. The Morgan fingerprint density at radius 1 is 1.24 bits per heavy atom. The van der Waals surface area contributed by atoms with Crippen LogP contribution in [0.3, 0.4) is 0 Å². The molecule has 3 atom stereocenters. The summed E-state index contributed by atoms with van der Waals surface area (Å²) in [5, 5.41) is 14.9. The van der Waals surface area contributed by atoms with Crippen molar-refractivity contribution in [3.8, 4) is 11.3 Å². The zero-order valence-corrected chi connectivity index (χ0v) is 16.7. The fourth-order valence-corrected chi connectivity index (χ4v) is 3.69. The lowest BCUT2D eigenvalue weighted by Crippen LogP contribution is -2.42. The lowest BCUT2D eigenvalue weighted by atomic mass is 9.97.